The highest BCUT2D eigenvalue weighted by Gasteiger charge is 2.41. The molecule has 1 aliphatic rings. The maximum absolute atomic E-state index is 11.7. The van der Waals surface area contributed by atoms with E-state index < -0.39 is 0 Å². The van der Waals surface area contributed by atoms with Gasteiger partial charge < -0.3 is 10.4 Å². The van der Waals surface area contributed by atoms with E-state index in [9.17, 15) is 4.79 Å². The third-order valence-electron chi connectivity index (χ3n) is 3.28. The summed E-state index contributed by atoms with van der Waals surface area (Å²) < 4.78 is 0. The molecule has 0 saturated heterocycles. The summed E-state index contributed by atoms with van der Waals surface area (Å²) in [5, 5.41) is 11.9. The van der Waals surface area contributed by atoms with Crippen molar-refractivity contribution < 1.29 is 9.90 Å². The lowest BCUT2D eigenvalue weighted by molar-refractivity contribution is -0.118. The summed E-state index contributed by atoms with van der Waals surface area (Å²) in [6.45, 7) is 0.908. The van der Waals surface area contributed by atoms with Gasteiger partial charge in [0.05, 0.1) is 5.75 Å². The van der Waals surface area contributed by atoms with Crippen molar-refractivity contribution in [1.29, 1.82) is 0 Å². The predicted molar refractivity (Wildman–Crippen MR) is 71.3 cm³/mol. The zero-order chi connectivity index (χ0) is 12.8. The Hall–Kier alpha value is -1.07. The maximum Gasteiger partial charge on any atom is 0.230 e. The molecule has 0 spiro atoms. The van der Waals surface area contributed by atoms with E-state index in [1.807, 2.05) is 12.1 Å². The minimum absolute atomic E-state index is 0.0565. The monoisotopic (exact) mass is 266 g/mol. The first-order valence-corrected chi connectivity index (χ1v) is 7.13. The molecule has 1 aliphatic carbocycles. The molecule has 1 fully saturated rings. The number of pyridine rings is 1. The molecule has 4 nitrogen and oxygen atoms in total. The van der Waals surface area contributed by atoms with Gasteiger partial charge in [-0.15, -0.1) is 11.8 Å². The Bertz CT molecular complexity index is 393. The van der Waals surface area contributed by atoms with Crippen LogP contribution in [0.1, 0.15) is 19.3 Å². The summed E-state index contributed by atoms with van der Waals surface area (Å²) in [4.78, 5) is 16.7. The number of aliphatic hydroxyl groups is 1. The normalized spacial score (nSPS) is 16.3. The number of aliphatic hydroxyl groups excluding tert-OH is 1. The minimum Gasteiger partial charge on any atom is -0.396 e. The molecule has 18 heavy (non-hydrogen) atoms. The predicted octanol–water partition coefficient (Wildman–Crippen LogP) is 1.45. The lowest BCUT2D eigenvalue weighted by Gasteiger charge is -2.14. The van der Waals surface area contributed by atoms with Gasteiger partial charge in [0.25, 0.3) is 0 Å². The van der Waals surface area contributed by atoms with Crippen molar-refractivity contribution in [3.8, 4) is 0 Å². The summed E-state index contributed by atoms with van der Waals surface area (Å²) in [6.07, 6.45) is 6.48. The molecular formula is C13H18N2O2S. The number of carbonyl (C=O) groups is 1. The maximum atomic E-state index is 11.7. The first kappa shape index (κ1) is 13.4. The van der Waals surface area contributed by atoms with Crippen LogP contribution in [0, 0.1) is 5.41 Å². The number of amides is 1. The third kappa shape index (κ3) is 3.99. The second-order valence-corrected chi connectivity index (χ2v) is 5.77. The van der Waals surface area contributed by atoms with Crippen LogP contribution in [-0.4, -0.2) is 34.9 Å². The standard InChI is InChI=1S/C13H18N2O2S/c16-8-5-13(3-4-13)10-15-12(17)9-18-11-1-6-14-7-2-11/h1-2,6-7,16H,3-5,8-10H2,(H,15,17). The van der Waals surface area contributed by atoms with E-state index in [0.29, 0.717) is 12.3 Å². The molecule has 1 aromatic heterocycles. The molecule has 0 aromatic carbocycles. The van der Waals surface area contributed by atoms with Crippen molar-refractivity contribution in [1.82, 2.24) is 10.3 Å². The van der Waals surface area contributed by atoms with Gasteiger partial charge in [-0.3, -0.25) is 9.78 Å². The molecule has 0 bridgehead atoms. The van der Waals surface area contributed by atoms with Crippen LogP contribution in [0.4, 0.5) is 0 Å². The van der Waals surface area contributed by atoms with E-state index >= 15 is 0 Å². The zero-order valence-corrected chi connectivity index (χ0v) is 11.1. The van der Waals surface area contributed by atoms with E-state index in [2.05, 4.69) is 10.3 Å². The SMILES string of the molecule is O=C(CSc1ccncc1)NCC1(CCO)CC1. The van der Waals surface area contributed by atoms with Crippen LogP contribution in [0.3, 0.4) is 0 Å². The highest BCUT2D eigenvalue weighted by Crippen LogP contribution is 2.47. The minimum atomic E-state index is 0.0565. The van der Waals surface area contributed by atoms with Gasteiger partial charge in [0, 0.05) is 30.4 Å². The fourth-order valence-electron chi connectivity index (χ4n) is 1.85. The first-order chi connectivity index (χ1) is 8.74. The Balaban J connectivity index is 1.67. The first-order valence-electron chi connectivity index (χ1n) is 6.14. The molecule has 1 heterocycles. The molecule has 0 atom stereocenters. The van der Waals surface area contributed by atoms with E-state index in [4.69, 9.17) is 5.11 Å². The van der Waals surface area contributed by atoms with Crippen LogP contribution in [-0.2, 0) is 4.79 Å². The van der Waals surface area contributed by atoms with Gasteiger partial charge in [-0.05, 0) is 36.8 Å². The second-order valence-electron chi connectivity index (χ2n) is 4.72. The molecular weight excluding hydrogens is 248 g/mol. The van der Waals surface area contributed by atoms with Gasteiger partial charge in [0.2, 0.25) is 5.91 Å². The summed E-state index contributed by atoms with van der Waals surface area (Å²) in [5.74, 6) is 0.486. The zero-order valence-electron chi connectivity index (χ0n) is 10.3. The fraction of sp³-hybridized carbons (Fsp3) is 0.538. The lowest BCUT2D eigenvalue weighted by Crippen LogP contribution is -2.31. The van der Waals surface area contributed by atoms with Gasteiger partial charge in [-0.1, -0.05) is 0 Å². The summed E-state index contributed by atoms with van der Waals surface area (Å²) in [6, 6.07) is 3.79. The molecule has 1 amide bonds. The van der Waals surface area contributed by atoms with Crippen LogP contribution in [0.15, 0.2) is 29.4 Å². The molecule has 2 N–H and O–H groups in total. The molecule has 2 rings (SSSR count). The Labute approximate surface area is 111 Å². The number of hydrogen-bond acceptors (Lipinski definition) is 4. The number of hydrogen-bond donors (Lipinski definition) is 2. The van der Waals surface area contributed by atoms with Crippen molar-refractivity contribution in [3.05, 3.63) is 24.5 Å². The molecule has 0 aliphatic heterocycles. The second kappa shape index (κ2) is 6.20. The highest BCUT2D eigenvalue weighted by molar-refractivity contribution is 8.00. The van der Waals surface area contributed by atoms with Crippen LogP contribution < -0.4 is 5.32 Å². The van der Waals surface area contributed by atoms with Crippen molar-refractivity contribution in [2.75, 3.05) is 18.9 Å². The quantitative estimate of drug-likeness (QED) is 0.733. The summed E-state index contributed by atoms with van der Waals surface area (Å²) in [5.41, 5.74) is 0.186. The number of thioether (sulfide) groups is 1. The van der Waals surface area contributed by atoms with Crippen LogP contribution in [0.25, 0.3) is 0 Å². The number of carbonyl (C=O) groups excluding carboxylic acids is 1. The van der Waals surface area contributed by atoms with Gasteiger partial charge in [0.15, 0.2) is 0 Å². The molecule has 1 saturated carbocycles. The Kier molecular flexibility index (Phi) is 4.60. The number of nitrogens with one attached hydrogen (secondary N) is 1. The van der Waals surface area contributed by atoms with Crippen LogP contribution in [0.5, 0.6) is 0 Å². The van der Waals surface area contributed by atoms with E-state index in [1.54, 1.807) is 12.4 Å². The van der Waals surface area contributed by atoms with Crippen LogP contribution in [0.2, 0.25) is 0 Å². The number of nitrogens with zero attached hydrogens (tertiary/aromatic N) is 1. The molecule has 0 unspecified atom stereocenters. The molecule has 1 aromatic rings. The third-order valence-corrected chi connectivity index (χ3v) is 4.29. The Morgan fingerprint density at radius 3 is 2.78 bits per heavy atom. The van der Waals surface area contributed by atoms with Gasteiger partial charge in [-0.2, -0.15) is 0 Å². The topological polar surface area (TPSA) is 62.2 Å². The van der Waals surface area contributed by atoms with Crippen molar-refractivity contribution >= 4 is 17.7 Å². The van der Waals surface area contributed by atoms with Crippen LogP contribution >= 0.6 is 11.8 Å². The number of rotatable bonds is 7. The van der Waals surface area contributed by atoms with Gasteiger partial charge >= 0.3 is 0 Å². The van der Waals surface area contributed by atoms with Crippen molar-refractivity contribution in [3.63, 3.8) is 0 Å². The average molecular weight is 266 g/mol. The average Bonchev–Trinajstić information content (AvgIpc) is 3.16. The smallest absolute Gasteiger partial charge is 0.230 e. The molecule has 0 radical (unpaired) electrons. The van der Waals surface area contributed by atoms with Gasteiger partial charge in [-0.25, -0.2) is 0 Å². The molecule has 5 heteroatoms. The van der Waals surface area contributed by atoms with E-state index in [1.165, 1.54) is 11.8 Å². The molecule has 98 valence electrons. The Morgan fingerprint density at radius 2 is 2.17 bits per heavy atom. The van der Waals surface area contributed by atoms with Crippen molar-refractivity contribution in [2.24, 2.45) is 5.41 Å². The largest absolute Gasteiger partial charge is 0.396 e. The van der Waals surface area contributed by atoms with Gasteiger partial charge in [0.1, 0.15) is 0 Å². The summed E-state index contributed by atoms with van der Waals surface area (Å²) in [7, 11) is 0. The fourth-order valence-corrected chi connectivity index (χ4v) is 2.56. The van der Waals surface area contributed by atoms with E-state index in [0.717, 1.165) is 24.2 Å². The summed E-state index contributed by atoms with van der Waals surface area (Å²) >= 11 is 1.51. The van der Waals surface area contributed by atoms with E-state index in [-0.39, 0.29) is 17.9 Å². The highest BCUT2D eigenvalue weighted by atomic mass is 32.2. The Morgan fingerprint density at radius 1 is 1.44 bits per heavy atom. The van der Waals surface area contributed by atoms with Crippen molar-refractivity contribution in [2.45, 2.75) is 24.2 Å². The lowest BCUT2D eigenvalue weighted by atomic mass is 10.0. The number of aromatic nitrogens is 1.